The Bertz CT molecular complexity index is 645. The van der Waals surface area contributed by atoms with Gasteiger partial charge in [-0.25, -0.2) is 4.79 Å². The molecule has 2 fully saturated rings. The number of likely N-dealkylation sites (N-methyl/N-ethyl adjacent to an activating group) is 1. The predicted molar refractivity (Wildman–Crippen MR) is 127 cm³/mol. The summed E-state index contributed by atoms with van der Waals surface area (Å²) in [7, 11) is 1.98. The first-order valence-corrected chi connectivity index (χ1v) is 12.5. The van der Waals surface area contributed by atoms with Crippen molar-refractivity contribution in [2.45, 2.75) is 83.5 Å². The summed E-state index contributed by atoms with van der Waals surface area (Å²) in [5.41, 5.74) is 1.22. The summed E-state index contributed by atoms with van der Waals surface area (Å²) in [5.74, 6) is 1.08. The maximum absolute atomic E-state index is 13.2. The second-order valence-electron chi connectivity index (χ2n) is 9.81. The summed E-state index contributed by atoms with van der Waals surface area (Å²) in [4.78, 5) is 15.2. The molecule has 0 aromatic heterocycles. The van der Waals surface area contributed by atoms with Gasteiger partial charge in [0.05, 0.1) is 12.2 Å². The minimum absolute atomic E-state index is 0.0344. The number of likely N-dealkylation sites (tertiary alicyclic amines) is 1. The molecule has 0 radical (unpaired) electrons. The van der Waals surface area contributed by atoms with Crippen molar-refractivity contribution in [1.82, 2.24) is 15.5 Å². The molecule has 5 nitrogen and oxygen atoms in total. The molecule has 5 heteroatoms. The van der Waals surface area contributed by atoms with E-state index < -0.39 is 0 Å². The monoisotopic (exact) mass is 429 g/mol. The van der Waals surface area contributed by atoms with Crippen molar-refractivity contribution >= 4 is 6.03 Å². The van der Waals surface area contributed by atoms with Gasteiger partial charge >= 0.3 is 6.03 Å². The molecule has 0 bridgehead atoms. The number of benzene rings is 1. The Balaban J connectivity index is 1.61. The molecule has 1 unspecified atom stereocenters. The molecule has 3 atom stereocenters. The molecule has 1 aliphatic carbocycles. The number of hydrogen-bond acceptors (Lipinski definition) is 3. The van der Waals surface area contributed by atoms with Gasteiger partial charge in [0.2, 0.25) is 0 Å². The lowest BCUT2D eigenvalue weighted by Crippen LogP contribution is -2.52. The van der Waals surface area contributed by atoms with E-state index in [9.17, 15) is 4.79 Å². The molecule has 2 N–H and O–H groups in total. The third-order valence-electron chi connectivity index (χ3n) is 6.84. The highest BCUT2D eigenvalue weighted by Gasteiger charge is 2.32. The molecule has 1 saturated heterocycles. The number of piperidine rings is 1. The maximum atomic E-state index is 13.2. The van der Waals surface area contributed by atoms with Gasteiger partial charge in [-0.2, -0.15) is 0 Å². The summed E-state index contributed by atoms with van der Waals surface area (Å²) in [6.45, 7) is 6.62. The number of urea groups is 1. The van der Waals surface area contributed by atoms with Crippen LogP contribution < -0.4 is 10.6 Å². The normalized spacial score (nSPS) is 22.3. The molecule has 1 saturated carbocycles. The summed E-state index contributed by atoms with van der Waals surface area (Å²) in [6, 6.07) is 10.8. The standard InChI is InChI=1S/C26H43N3O2/c1-20(2)31-25(22-13-8-5-9-14-22)23-15-10-16-29(19-23)26(30)28-24(18-27-3)17-21-11-6-4-7-12-21/h5,8-9,13-14,20-21,23-25,27H,4,6-7,10-12,15-19H2,1-3H3,(H,28,30)/t23-,24+,25?/m1/s1. The van der Waals surface area contributed by atoms with Crippen LogP contribution in [0.5, 0.6) is 0 Å². The van der Waals surface area contributed by atoms with Crippen molar-refractivity contribution < 1.29 is 9.53 Å². The highest BCUT2D eigenvalue weighted by Crippen LogP contribution is 2.34. The molecule has 2 aliphatic rings. The topological polar surface area (TPSA) is 53.6 Å². The summed E-state index contributed by atoms with van der Waals surface area (Å²) < 4.78 is 6.36. The molecule has 0 spiro atoms. The van der Waals surface area contributed by atoms with Gasteiger partial charge in [-0.3, -0.25) is 0 Å². The largest absolute Gasteiger partial charge is 0.371 e. The molecule has 31 heavy (non-hydrogen) atoms. The average Bonchev–Trinajstić information content (AvgIpc) is 2.79. The van der Waals surface area contributed by atoms with Gasteiger partial charge < -0.3 is 20.3 Å². The van der Waals surface area contributed by atoms with Gasteiger partial charge in [-0.15, -0.1) is 0 Å². The Hall–Kier alpha value is -1.59. The van der Waals surface area contributed by atoms with Gasteiger partial charge in [-0.05, 0) is 51.6 Å². The predicted octanol–water partition coefficient (Wildman–Crippen LogP) is 5.13. The first-order chi connectivity index (χ1) is 15.1. The van der Waals surface area contributed by atoms with E-state index in [2.05, 4.69) is 48.7 Å². The Kier molecular flexibility index (Phi) is 9.66. The Morgan fingerprint density at radius 1 is 1.10 bits per heavy atom. The molecule has 1 aromatic carbocycles. The van der Waals surface area contributed by atoms with E-state index in [1.807, 2.05) is 18.0 Å². The lowest BCUT2D eigenvalue weighted by molar-refractivity contribution is -0.0434. The fourth-order valence-corrected chi connectivity index (χ4v) is 5.37. The highest BCUT2D eigenvalue weighted by molar-refractivity contribution is 5.74. The van der Waals surface area contributed by atoms with Crippen molar-refractivity contribution in [2.24, 2.45) is 11.8 Å². The SMILES string of the molecule is CNC[C@H](CC1CCCCC1)NC(=O)N1CCC[C@@H](C(OC(C)C)c2ccccc2)C1. The Morgan fingerprint density at radius 2 is 1.84 bits per heavy atom. The van der Waals surface area contributed by atoms with Gasteiger partial charge in [0.25, 0.3) is 0 Å². The van der Waals surface area contributed by atoms with E-state index >= 15 is 0 Å². The second-order valence-corrected chi connectivity index (χ2v) is 9.81. The van der Waals surface area contributed by atoms with Gasteiger partial charge in [-0.1, -0.05) is 62.4 Å². The zero-order chi connectivity index (χ0) is 22.1. The van der Waals surface area contributed by atoms with E-state index in [0.29, 0.717) is 5.92 Å². The fraction of sp³-hybridized carbons (Fsp3) is 0.731. The van der Waals surface area contributed by atoms with Crippen LogP contribution in [-0.2, 0) is 4.74 Å². The van der Waals surface area contributed by atoms with E-state index in [0.717, 1.165) is 44.8 Å². The smallest absolute Gasteiger partial charge is 0.317 e. The number of rotatable bonds is 9. The third kappa shape index (κ3) is 7.50. The number of ether oxygens (including phenoxy) is 1. The van der Waals surface area contributed by atoms with E-state index in [4.69, 9.17) is 4.74 Å². The Morgan fingerprint density at radius 3 is 2.52 bits per heavy atom. The van der Waals surface area contributed by atoms with Crippen LogP contribution in [0.25, 0.3) is 0 Å². The number of amides is 2. The Labute approximate surface area is 189 Å². The molecule has 174 valence electrons. The minimum Gasteiger partial charge on any atom is -0.371 e. The van der Waals surface area contributed by atoms with Crippen molar-refractivity contribution in [3.63, 3.8) is 0 Å². The van der Waals surface area contributed by atoms with Crippen molar-refractivity contribution in [3.05, 3.63) is 35.9 Å². The molecular formula is C26H43N3O2. The van der Waals surface area contributed by atoms with Crippen LogP contribution >= 0.6 is 0 Å². The van der Waals surface area contributed by atoms with Crippen molar-refractivity contribution in [3.8, 4) is 0 Å². The zero-order valence-electron chi connectivity index (χ0n) is 19.8. The van der Waals surface area contributed by atoms with E-state index in [-0.39, 0.29) is 24.3 Å². The van der Waals surface area contributed by atoms with Crippen LogP contribution in [0, 0.1) is 11.8 Å². The van der Waals surface area contributed by atoms with Crippen molar-refractivity contribution in [1.29, 1.82) is 0 Å². The molecule has 1 heterocycles. The molecule has 1 aromatic rings. The number of nitrogens with zero attached hydrogens (tertiary/aromatic N) is 1. The summed E-state index contributed by atoms with van der Waals surface area (Å²) >= 11 is 0. The van der Waals surface area contributed by atoms with Crippen LogP contribution in [-0.4, -0.2) is 49.8 Å². The lowest BCUT2D eigenvalue weighted by Gasteiger charge is -2.38. The molecular weight excluding hydrogens is 386 g/mol. The fourth-order valence-electron chi connectivity index (χ4n) is 5.37. The quantitative estimate of drug-likeness (QED) is 0.572. The first kappa shape index (κ1) is 24.1. The zero-order valence-corrected chi connectivity index (χ0v) is 19.8. The van der Waals surface area contributed by atoms with Crippen molar-refractivity contribution in [2.75, 3.05) is 26.7 Å². The lowest BCUT2D eigenvalue weighted by atomic mass is 9.85. The highest BCUT2D eigenvalue weighted by atomic mass is 16.5. The van der Waals surface area contributed by atoms with Crippen LogP contribution in [0.3, 0.4) is 0 Å². The number of nitrogens with one attached hydrogen (secondary N) is 2. The summed E-state index contributed by atoms with van der Waals surface area (Å²) in [5, 5.41) is 6.64. The van der Waals surface area contributed by atoms with Crippen LogP contribution in [0.15, 0.2) is 30.3 Å². The number of carbonyl (C=O) groups is 1. The van der Waals surface area contributed by atoms with Crippen LogP contribution in [0.1, 0.15) is 76.9 Å². The van der Waals surface area contributed by atoms with Gasteiger partial charge in [0, 0.05) is 31.6 Å². The van der Waals surface area contributed by atoms with Gasteiger partial charge in [0.15, 0.2) is 0 Å². The summed E-state index contributed by atoms with van der Waals surface area (Å²) in [6.07, 6.45) is 10.1. The minimum atomic E-state index is 0.0344. The maximum Gasteiger partial charge on any atom is 0.317 e. The first-order valence-electron chi connectivity index (χ1n) is 12.5. The van der Waals surface area contributed by atoms with Gasteiger partial charge in [0.1, 0.15) is 0 Å². The average molecular weight is 430 g/mol. The molecule has 3 rings (SSSR count). The molecule has 1 aliphatic heterocycles. The van der Waals surface area contributed by atoms with E-state index in [1.165, 1.54) is 37.7 Å². The van der Waals surface area contributed by atoms with E-state index in [1.54, 1.807) is 0 Å². The third-order valence-corrected chi connectivity index (χ3v) is 6.84. The number of hydrogen-bond donors (Lipinski definition) is 2. The van der Waals surface area contributed by atoms with Crippen LogP contribution in [0.4, 0.5) is 4.79 Å². The molecule has 2 amide bonds. The second kappa shape index (κ2) is 12.4. The number of carbonyl (C=O) groups excluding carboxylic acids is 1. The van der Waals surface area contributed by atoms with Crippen LogP contribution in [0.2, 0.25) is 0 Å².